The van der Waals surface area contributed by atoms with Gasteiger partial charge in [0.2, 0.25) is 5.91 Å². The van der Waals surface area contributed by atoms with Gasteiger partial charge < -0.3 is 4.90 Å². The molecule has 1 atom stereocenters. The minimum atomic E-state index is 0.145. The molecule has 1 aromatic carbocycles. The van der Waals surface area contributed by atoms with Crippen molar-refractivity contribution in [3.8, 4) is 0 Å². The van der Waals surface area contributed by atoms with Crippen LogP contribution in [0.2, 0.25) is 5.02 Å². The van der Waals surface area contributed by atoms with E-state index in [1.807, 2.05) is 29.2 Å². The van der Waals surface area contributed by atoms with Crippen LogP contribution in [0, 0.1) is 0 Å². The summed E-state index contributed by atoms with van der Waals surface area (Å²) in [6.45, 7) is 2.91. The van der Waals surface area contributed by atoms with E-state index >= 15 is 0 Å². The van der Waals surface area contributed by atoms with Crippen LogP contribution in [0.3, 0.4) is 0 Å². The number of amides is 1. The van der Waals surface area contributed by atoms with E-state index in [-0.39, 0.29) is 11.3 Å². The summed E-state index contributed by atoms with van der Waals surface area (Å²) in [4.78, 5) is 13.6. The predicted octanol–water partition coefficient (Wildman–Crippen LogP) is 3.32. The van der Waals surface area contributed by atoms with Crippen molar-refractivity contribution in [2.24, 2.45) is 0 Å². The molecule has 0 N–H and O–H groups in total. The second kappa shape index (κ2) is 5.11. The lowest BCUT2D eigenvalue weighted by molar-refractivity contribution is -0.128. The topological polar surface area (TPSA) is 20.3 Å². The number of thioether (sulfide) groups is 1. The molecule has 0 aliphatic carbocycles. The number of hydrogen-bond acceptors (Lipinski definition) is 2. The van der Waals surface area contributed by atoms with E-state index in [4.69, 9.17) is 11.6 Å². The third kappa shape index (κ3) is 2.36. The molecule has 1 aromatic rings. The molecule has 4 heteroatoms. The Morgan fingerprint density at radius 3 is 3.06 bits per heavy atom. The van der Waals surface area contributed by atoms with Crippen molar-refractivity contribution in [2.45, 2.75) is 18.7 Å². The third-order valence-corrected chi connectivity index (χ3v) is 4.06. The Morgan fingerprint density at radius 2 is 2.38 bits per heavy atom. The number of carbonyl (C=O) groups excluding carboxylic acids is 1. The highest BCUT2D eigenvalue weighted by Gasteiger charge is 2.31. The molecule has 2 nitrogen and oxygen atoms in total. The number of halogens is 1. The maximum Gasteiger partial charge on any atom is 0.233 e. The Morgan fingerprint density at radius 1 is 1.56 bits per heavy atom. The van der Waals surface area contributed by atoms with Crippen molar-refractivity contribution >= 4 is 29.3 Å². The molecule has 0 aromatic heterocycles. The fraction of sp³-hybridized carbons (Fsp3) is 0.417. The molecule has 1 amide bonds. The monoisotopic (exact) mass is 255 g/mol. The minimum Gasteiger partial charge on any atom is -0.326 e. The quantitative estimate of drug-likeness (QED) is 0.826. The highest BCUT2D eigenvalue weighted by atomic mass is 35.5. The molecule has 1 saturated heterocycles. The molecule has 0 radical (unpaired) electrons. The van der Waals surface area contributed by atoms with Gasteiger partial charge in [-0.25, -0.2) is 0 Å². The Bertz CT molecular complexity index is 396. The predicted molar refractivity (Wildman–Crippen MR) is 68.7 cm³/mol. The maximum atomic E-state index is 11.7. The standard InChI is InChI=1S/C12H14ClNOS/c1-2-6-14-11(15)8-16-12(14)9-4-3-5-10(13)7-9/h3-5,7,12H,2,6,8H2,1H3. The average Bonchev–Trinajstić information content (AvgIpc) is 2.61. The first-order valence-electron chi connectivity index (χ1n) is 5.39. The smallest absolute Gasteiger partial charge is 0.233 e. The summed E-state index contributed by atoms with van der Waals surface area (Å²) in [5, 5.41) is 0.875. The van der Waals surface area contributed by atoms with Gasteiger partial charge in [0.15, 0.2) is 0 Å². The number of hydrogen-bond donors (Lipinski definition) is 0. The largest absolute Gasteiger partial charge is 0.326 e. The average molecular weight is 256 g/mol. The molecule has 2 rings (SSSR count). The number of benzene rings is 1. The first-order valence-corrected chi connectivity index (χ1v) is 6.81. The molecular formula is C12H14ClNOS. The molecule has 1 aliphatic heterocycles. The van der Waals surface area contributed by atoms with Gasteiger partial charge in [0.25, 0.3) is 0 Å². The fourth-order valence-electron chi connectivity index (χ4n) is 1.87. The second-order valence-corrected chi connectivity index (χ2v) is 5.31. The molecule has 1 fully saturated rings. The van der Waals surface area contributed by atoms with Crippen molar-refractivity contribution in [2.75, 3.05) is 12.3 Å². The summed E-state index contributed by atoms with van der Waals surface area (Å²) in [6.07, 6.45) is 0.989. The van der Waals surface area contributed by atoms with Crippen molar-refractivity contribution < 1.29 is 4.79 Å². The van der Waals surface area contributed by atoms with Crippen LogP contribution in [0.15, 0.2) is 24.3 Å². The van der Waals surface area contributed by atoms with E-state index in [1.54, 1.807) is 11.8 Å². The molecular weight excluding hydrogens is 242 g/mol. The van der Waals surface area contributed by atoms with Crippen LogP contribution in [0.4, 0.5) is 0 Å². The van der Waals surface area contributed by atoms with E-state index in [2.05, 4.69) is 6.92 Å². The van der Waals surface area contributed by atoms with Crippen LogP contribution in [0.5, 0.6) is 0 Å². The molecule has 1 aliphatic rings. The van der Waals surface area contributed by atoms with Crippen LogP contribution in [-0.4, -0.2) is 23.1 Å². The number of rotatable bonds is 3. The van der Waals surface area contributed by atoms with Crippen molar-refractivity contribution in [1.82, 2.24) is 4.90 Å². The minimum absolute atomic E-state index is 0.145. The van der Waals surface area contributed by atoms with Crippen LogP contribution >= 0.6 is 23.4 Å². The summed E-state index contributed by atoms with van der Waals surface area (Å²) >= 11 is 7.65. The van der Waals surface area contributed by atoms with Crippen molar-refractivity contribution in [1.29, 1.82) is 0 Å². The highest BCUT2D eigenvalue weighted by Crippen LogP contribution is 2.39. The number of nitrogens with zero attached hydrogens (tertiary/aromatic N) is 1. The Balaban J connectivity index is 2.23. The molecule has 1 unspecified atom stereocenters. The lowest BCUT2D eigenvalue weighted by Gasteiger charge is -2.23. The van der Waals surface area contributed by atoms with Gasteiger partial charge >= 0.3 is 0 Å². The van der Waals surface area contributed by atoms with Gasteiger partial charge in [0, 0.05) is 11.6 Å². The first-order chi connectivity index (χ1) is 7.72. The van der Waals surface area contributed by atoms with E-state index in [1.165, 1.54) is 0 Å². The normalized spacial score (nSPS) is 20.5. The SMILES string of the molecule is CCCN1C(=O)CSC1c1cccc(Cl)c1. The molecule has 0 spiro atoms. The molecule has 0 bridgehead atoms. The zero-order valence-corrected chi connectivity index (χ0v) is 10.7. The fourth-order valence-corrected chi connectivity index (χ4v) is 3.28. The highest BCUT2D eigenvalue weighted by molar-refractivity contribution is 8.00. The van der Waals surface area contributed by atoms with Crippen molar-refractivity contribution in [3.05, 3.63) is 34.9 Å². The van der Waals surface area contributed by atoms with E-state index in [0.29, 0.717) is 5.75 Å². The Kier molecular flexibility index (Phi) is 3.77. The first kappa shape index (κ1) is 11.8. The van der Waals surface area contributed by atoms with Gasteiger partial charge in [0.05, 0.1) is 5.75 Å². The summed E-state index contributed by atoms with van der Waals surface area (Å²) < 4.78 is 0. The Hall–Kier alpha value is -0.670. The summed E-state index contributed by atoms with van der Waals surface area (Å²) in [7, 11) is 0. The van der Waals surface area contributed by atoms with Gasteiger partial charge in [-0.1, -0.05) is 30.7 Å². The summed E-state index contributed by atoms with van der Waals surface area (Å²) in [5.41, 5.74) is 1.12. The zero-order valence-electron chi connectivity index (χ0n) is 9.15. The number of carbonyl (C=O) groups is 1. The van der Waals surface area contributed by atoms with Gasteiger partial charge in [-0.2, -0.15) is 0 Å². The van der Waals surface area contributed by atoms with Crippen LogP contribution in [0.25, 0.3) is 0 Å². The second-order valence-electron chi connectivity index (χ2n) is 3.81. The van der Waals surface area contributed by atoms with Gasteiger partial charge in [-0.3, -0.25) is 4.79 Å². The van der Waals surface area contributed by atoms with Gasteiger partial charge in [0.1, 0.15) is 5.37 Å². The summed E-state index contributed by atoms with van der Waals surface area (Å²) in [5.74, 6) is 0.814. The summed E-state index contributed by atoms with van der Waals surface area (Å²) in [6, 6.07) is 7.77. The third-order valence-electron chi connectivity index (χ3n) is 2.57. The molecule has 86 valence electrons. The lowest BCUT2D eigenvalue weighted by Crippen LogP contribution is -2.28. The van der Waals surface area contributed by atoms with E-state index in [0.717, 1.165) is 23.6 Å². The molecule has 1 heterocycles. The zero-order chi connectivity index (χ0) is 11.5. The van der Waals surface area contributed by atoms with Gasteiger partial charge in [-0.05, 0) is 24.1 Å². The van der Waals surface area contributed by atoms with Crippen molar-refractivity contribution in [3.63, 3.8) is 0 Å². The molecule has 0 saturated carbocycles. The van der Waals surface area contributed by atoms with Crippen LogP contribution in [-0.2, 0) is 4.79 Å². The van der Waals surface area contributed by atoms with Crippen LogP contribution in [0.1, 0.15) is 24.3 Å². The van der Waals surface area contributed by atoms with Gasteiger partial charge in [-0.15, -0.1) is 11.8 Å². The maximum absolute atomic E-state index is 11.7. The lowest BCUT2D eigenvalue weighted by atomic mass is 10.2. The Labute approximate surface area is 105 Å². The van der Waals surface area contributed by atoms with E-state index in [9.17, 15) is 4.79 Å². The van der Waals surface area contributed by atoms with E-state index < -0.39 is 0 Å². The molecule has 16 heavy (non-hydrogen) atoms. The van der Waals surface area contributed by atoms with Crippen LogP contribution < -0.4 is 0 Å².